The standard InChI is InChI=1S/C7H8NO.K/c1-7(3-4-7)6-2-5-9-8-6;/h2H,3-4H2,1H3;/q-1;+1. The molecule has 1 aliphatic carbocycles. The molecule has 1 aliphatic rings. The molecule has 0 aromatic carbocycles. The molecule has 0 saturated heterocycles. The van der Waals surface area contributed by atoms with E-state index in [1.165, 1.54) is 12.8 Å². The summed E-state index contributed by atoms with van der Waals surface area (Å²) in [6, 6.07) is 1.83. The molecule has 0 amide bonds. The zero-order chi connectivity index (χ0) is 6.32. The van der Waals surface area contributed by atoms with Gasteiger partial charge in [0.1, 0.15) is 0 Å². The van der Waals surface area contributed by atoms with E-state index in [0.717, 1.165) is 5.69 Å². The molecule has 1 heterocycles. The van der Waals surface area contributed by atoms with Crippen LogP contribution in [0.15, 0.2) is 10.6 Å². The SMILES string of the molecule is CC1(c2c[c-]on2)CC1.[K+]. The molecule has 0 atom stereocenters. The van der Waals surface area contributed by atoms with Crippen molar-refractivity contribution >= 4 is 0 Å². The van der Waals surface area contributed by atoms with Gasteiger partial charge in [-0.05, 0) is 6.26 Å². The normalized spacial score (nSPS) is 19.7. The average molecular weight is 161 g/mol. The van der Waals surface area contributed by atoms with Crippen LogP contribution >= 0.6 is 0 Å². The zero-order valence-corrected chi connectivity index (χ0v) is 9.47. The Hall–Kier alpha value is 0.846. The van der Waals surface area contributed by atoms with Gasteiger partial charge in [-0.25, -0.2) is 5.16 Å². The molecule has 0 aliphatic heterocycles. The Morgan fingerprint density at radius 2 is 2.40 bits per heavy atom. The Balaban J connectivity index is 0.000000500. The second-order valence-corrected chi connectivity index (χ2v) is 2.89. The van der Waals surface area contributed by atoms with Crippen LogP contribution in [0.2, 0.25) is 0 Å². The third-order valence-corrected chi connectivity index (χ3v) is 2.01. The minimum absolute atomic E-state index is 0. The molecule has 0 unspecified atom stereocenters. The van der Waals surface area contributed by atoms with Crippen molar-refractivity contribution in [3.8, 4) is 0 Å². The second kappa shape index (κ2) is 3.07. The molecule has 0 spiro atoms. The number of hydrogen-bond donors (Lipinski definition) is 0. The van der Waals surface area contributed by atoms with Gasteiger partial charge in [0.15, 0.2) is 0 Å². The number of hydrogen-bond acceptors (Lipinski definition) is 2. The maximum Gasteiger partial charge on any atom is 1.00 e. The number of rotatable bonds is 1. The van der Waals surface area contributed by atoms with Crippen LogP contribution in [0.5, 0.6) is 0 Å². The molecular formula is C7H8KNO. The van der Waals surface area contributed by atoms with Crippen molar-refractivity contribution in [1.29, 1.82) is 0 Å². The quantitative estimate of drug-likeness (QED) is 0.371. The molecule has 1 fully saturated rings. The van der Waals surface area contributed by atoms with Crippen molar-refractivity contribution in [3.63, 3.8) is 0 Å². The molecule has 0 radical (unpaired) electrons. The fourth-order valence-electron chi connectivity index (χ4n) is 0.912. The molecule has 0 bridgehead atoms. The van der Waals surface area contributed by atoms with E-state index in [1.54, 1.807) is 0 Å². The predicted octanol–water partition coefficient (Wildman–Crippen LogP) is -1.47. The van der Waals surface area contributed by atoms with Crippen LogP contribution < -0.4 is 51.4 Å². The van der Waals surface area contributed by atoms with Gasteiger partial charge in [0, 0.05) is 0 Å². The smallest absolute Gasteiger partial charge is 0.480 e. The van der Waals surface area contributed by atoms with Gasteiger partial charge in [0.2, 0.25) is 0 Å². The summed E-state index contributed by atoms with van der Waals surface area (Å²) >= 11 is 0. The van der Waals surface area contributed by atoms with E-state index in [0.29, 0.717) is 5.41 Å². The van der Waals surface area contributed by atoms with Gasteiger partial charge in [-0.1, -0.05) is 30.9 Å². The molecular weight excluding hydrogens is 153 g/mol. The number of aromatic nitrogens is 1. The summed E-state index contributed by atoms with van der Waals surface area (Å²) in [6.07, 6.45) is 5.08. The van der Waals surface area contributed by atoms with E-state index < -0.39 is 0 Å². The van der Waals surface area contributed by atoms with Crippen LogP contribution in [0.4, 0.5) is 0 Å². The summed E-state index contributed by atoms with van der Waals surface area (Å²) in [5.74, 6) is 0. The zero-order valence-electron chi connectivity index (χ0n) is 6.35. The monoisotopic (exact) mass is 161 g/mol. The van der Waals surface area contributed by atoms with Crippen molar-refractivity contribution in [2.45, 2.75) is 25.2 Å². The van der Waals surface area contributed by atoms with Gasteiger partial charge in [-0.2, -0.15) is 6.07 Å². The third-order valence-electron chi connectivity index (χ3n) is 2.01. The predicted molar refractivity (Wildman–Crippen MR) is 31.9 cm³/mol. The molecule has 2 rings (SSSR count). The molecule has 1 aromatic rings. The first-order valence-electron chi connectivity index (χ1n) is 3.14. The van der Waals surface area contributed by atoms with Gasteiger partial charge >= 0.3 is 51.4 Å². The van der Waals surface area contributed by atoms with E-state index in [-0.39, 0.29) is 51.4 Å². The summed E-state index contributed by atoms with van der Waals surface area (Å²) in [6.45, 7) is 2.19. The molecule has 3 heteroatoms. The first kappa shape index (κ1) is 8.94. The Morgan fingerprint density at radius 1 is 1.70 bits per heavy atom. The fraction of sp³-hybridized carbons (Fsp3) is 0.571. The van der Waals surface area contributed by atoms with Crippen LogP contribution in [0.3, 0.4) is 0 Å². The molecule has 1 aromatic heterocycles. The van der Waals surface area contributed by atoms with Crippen LogP contribution in [0.1, 0.15) is 25.5 Å². The van der Waals surface area contributed by atoms with Crippen molar-refractivity contribution < 1.29 is 55.9 Å². The maximum atomic E-state index is 4.61. The van der Waals surface area contributed by atoms with Crippen molar-refractivity contribution in [3.05, 3.63) is 18.0 Å². The van der Waals surface area contributed by atoms with Crippen LogP contribution in [-0.4, -0.2) is 5.16 Å². The first-order valence-corrected chi connectivity index (χ1v) is 3.14. The minimum atomic E-state index is 0. The van der Waals surface area contributed by atoms with Gasteiger partial charge in [0.25, 0.3) is 0 Å². The summed E-state index contributed by atoms with van der Waals surface area (Å²) < 4.78 is 4.61. The number of nitrogens with zero attached hydrogens (tertiary/aromatic N) is 1. The topological polar surface area (TPSA) is 26.0 Å². The van der Waals surface area contributed by atoms with Crippen molar-refractivity contribution in [1.82, 2.24) is 5.16 Å². The summed E-state index contributed by atoms with van der Waals surface area (Å²) in [5.41, 5.74) is 1.39. The Bertz CT molecular complexity index is 203. The van der Waals surface area contributed by atoms with E-state index in [2.05, 4.69) is 22.9 Å². The van der Waals surface area contributed by atoms with Crippen molar-refractivity contribution in [2.75, 3.05) is 0 Å². The first-order chi connectivity index (χ1) is 4.31. The average Bonchev–Trinajstić information content (AvgIpc) is 2.46. The summed E-state index contributed by atoms with van der Waals surface area (Å²) in [7, 11) is 0. The Kier molecular flexibility index (Phi) is 2.74. The maximum absolute atomic E-state index is 4.61. The molecule has 0 N–H and O–H groups in total. The molecule has 2 nitrogen and oxygen atoms in total. The molecule has 10 heavy (non-hydrogen) atoms. The third kappa shape index (κ3) is 1.53. The van der Waals surface area contributed by atoms with Crippen LogP contribution in [0, 0.1) is 6.26 Å². The minimum Gasteiger partial charge on any atom is -0.480 e. The summed E-state index contributed by atoms with van der Waals surface area (Å²) in [4.78, 5) is 0. The van der Waals surface area contributed by atoms with Gasteiger partial charge in [0.05, 0.1) is 0 Å². The van der Waals surface area contributed by atoms with E-state index in [9.17, 15) is 0 Å². The molecule has 1 saturated carbocycles. The van der Waals surface area contributed by atoms with Crippen molar-refractivity contribution in [2.24, 2.45) is 0 Å². The van der Waals surface area contributed by atoms with Gasteiger partial charge in [-0.3, -0.25) is 0 Å². The largest absolute Gasteiger partial charge is 1.00 e. The molecule has 48 valence electrons. The Labute approximate surface area is 103 Å². The van der Waals surface area contributed by atoms with Crippen LogP contribution in [-0.2, 0) is 5.41 Å². The van der Waals surface area contributed by atoms with Gasteiger partial charge < -0.3 is 4.52 Å². The van der Waals surface area contributed by atoms with E-state index >= 15 is 0 Å². The van der Waals surface area contributed by atoms with E-state index in [1.807, 2.05) is 6.07 Å². The van der Waals surface area contributed by atoms with Gasteiger partial charge in [-0.15, -0.1) is 0 Å². The van der Waals surface area contributed by atoms with E-state index in [4.69, 9.17) is 0 Å². The second-order valence-electron chi connectivity index (χ2n) is 2.89. The van der Waals surface area contributed by atoms with Crippen LogP contribution in [0.25, 0.3) is 0 Å². The fourth-order valence-corrected chi connectivity index (χ4v) is 0.912. The summed E-state index contributed by atoms with van der Waals surface area (Å²) in [5, 5.41) is 3.82. The Morgan fingerprint density at radius 3 is 2.80 bits per heavy atom.